The van der Waals surface area contributed by atoms with Crippen molar-refractivity contribution in [3.63, 3.8) is 0 Å². The molecule has 1 atom stereocenters. The van der Waals surface area contributed by atoms with Crippen LogP contribution < -0.4 is 5.32 Å². The first kappa shape index (κ1) is 30.3. The molecule has 0 saturated heterocycles. The number of rotatable bonds is 19. The summed E-state index contributed by atoms with van der Waals surface area (Å²) >= 11 is 0. The van der Waals surface area contributed by atoms with Gasteiger partial charge < -0.3 is 15.1 Å². The molecule has 1 unspecified atom stereocenters. The fraction of sp³-hybridized carbons (Fsp3) is 1.00. The molecule has 0 aromatic rings. The summed E-state index contributed by atoms with van der Waals surface area (Å²) in [5.41, 5.74) is 0. The molecule has 0 aromatic carbocycles. The normalized spacial score (nSPS) is 12.5. The zero-order valence-electron chi connectivity index (χ0n) is 19.3. The molecule has 5 nitrogen and oxygen atoms in total. The zero-order chi connectivity index (χ0) is 21.5. The van der Waals surface area contributed by atoms with Gasteiger partial charge in [0.15, 0.2) is 0 Å². The topological polar surface area (TPSA) is 78.8 Å². The largest absolute Gasteiger partial charge is 0.469 e. The summed E-state index contributed by atoms with van der Waals surface area (Å²) in [7, 11) is -4.31. The lowest BCUT2D eigenvalue weighted by molar-refractivity contribution is 0.157. The molecular weight excluding hydrogens is 373 g/mol. The van der Waals surface area contributed by atoms with E-state index in [4.69, 9.17) is 9.79 Å². The van der Waals surface area contributed by atoms with E-state index in [-0.39, 0.29) is 6.61 Å². The van der Waals surface area contributed by atoms with Crippen molar-refractivity contribution < 1.29 is 18.9 Å². The van der Waals surface area contributed by atoms with Crippen molar-refractivity contribution in [1.82, 2.24) is 5.32 Å². The van der Waals surface area contributed by atoms with Gasteiger partial charge in [-0.25, -0.2) is 4.57 Å². The monoisotopic (exact) mass is 423 g/mol. The van der Waals surface area contributed by atoms with Crippen LogP contribution in [0.15, 0.2) is 0 Å². The Morgan fingerprint density at radius 2 is 1.18 bits per heavy atom. The third-order valence-electron chi connectivity index (χ3n) is 4.82. The van der Waals surface area contributed by atoms with Crippen LogP contribution in [0.25, 0.3) is 0 Å². The van der Waals surface area contributed by atoms with Gasteiger partial charge >= 0.3 is 7.82 Å². The molecule has 28 heavy (non-hydrogen) atoms. The maximum atomic E-state index is 10.7. The quantitative estimate of drug-likeness (QED) is 0.157. The molecule has 0 aromatic heterocycles. The van der Waals surface area contributed by atoms with E-state index in [9.17, 15) is 4.57 Å². The fourth-order valence-electron chi connectivity index (χ4n) is 2.95. The lowest BCUT2D eigenvalue weighted by Gasteiger charge is -2.17. The van der Waals surface area contributed by atoms with Crippen LogP contribution in [0.4, 0.5) is 0 Å². The summed E-state index contributed by atoms with van der Waals surface area (Å²) in [6, 6.07) is 0. The van der Waals surface area contributed by atoms with Crippen LogP contribution in [-0.2, 0) is 9.09 Å². The third-order valence-corrected chi connectivity index (χ3v) is 5.31. The number of hydrogen-bond donors (Lipinski definition) is 3. The van der Waals surface area contributed by atoms with Gasteiger partial charge in [0.05, 0.1) is 6.61 Å². The average Bonchev–Trinajstić information content (AvgIpc) is 2.66. The van der Waals surface area contributed by atoms with Crippen LogP contribution in [0.1, 0.15) is 118 Å². The molecule has 0 aliphatic heterocycles. The Morgan fingerprint density at radius 1 is 0.714 bits per heavy atom. The highest BCUT2D eigenvalue weighted by atomic mass is 31.2. The van der Waals surface area contributed by atoms with E-state index >= 15 is 0 Å². The molecule has 0 aliphatic carbocycles. The second-order valence-corrected chi connectivity index (χ2v) is 9.05. The van der Waals surface area contributed by atoms with Gasteiger partial charge in [-0.05, 0) is 44.7 Å². The van der Waals surface area contributed by atoms with E-state index in [1.165, 1.54) is 70.9 Å². The van der Waals surface area contributed by atoms with Gasteiger partial charge in [-0.2, -0.15) is 0 Å². The van der Waals surface area contributed by atoms with Crippen LogP contribution >= 0.6 is 7.82 Å². The van der Waals surface area contributed by atoms with Gasteiger partial charge in [0.2, 0.25) is 0 Å². The SMILES string of the molecule is CCCCCCCCC(CCCC)COP(=O)(O)O.CCCCNCCCC. The number of phosphoric ester groups is 1. The van der Waals surface area contributed by atoms with Gasteiger partial charge in [-0.1, -0.05) is 91.9 Å². The summed E-state index contributed by atoms with van der Waals surface area (Å²) in [6.07, 6.45) is 17.0. The molecule has 0 aliphatic rings. The van der Waals surface area contributed by atoms with Gasteiger partial charge in [0.1, 0.15) is 0 Å². The summed E-state index contributed by atoms with van der Waals surface area (Å²) in [4.78, 5) is 17.5. The minimum absolute atomic E-state index is 0.194. The molecule has 0 radical (unpaired) electrons. The maximum Gasteiger partial charge on any atom is 0.469 e. The van der Waals surface area contributed by atoms with Crippen molar-refractivity contribution in [3.8, 4) is 0 Å². The van der Waals surface area contributed by atoms with Crippen molar-refractivity contribution in [2.75, 3.05) is 19.7 Å². The van der Waals surface area contributed by atoms with E-state index in [2.05, 4.69) is 37.5 Å². The molecule has 0 heterocycles. The maximum absolute atomic E-state index is 10.7. The first-order valence-electron chi connectivity index (χ1n) is 11.8. The highest BCUT2D eigenvalue weighted by Crippen LogP contribution is 2.37. The number of unbranched alkanes of at least 4 members (excludes halogenated alkanes) is 8. The minimum Gasteiger partial charge on any atom is -0.317 e. The average molecular weight is 424 g/mol. The first-order chi connectivity index (χ1) is 13.4. The molecule has 0 fully saturated rings. The Morgan fingerprint density at radius 3 is 1.68 bits per heavy atom. The molecule has 0 rings (SSSR count). The smallest absolute Gasteiger partial charge is 0.317 e. The molecule has 0 saturated carbocycles. The lowest BCUT2D eigenvalue weighted by atomic mass is 9.96. The van der Waals surface area contributed by atoms with Crippen molar-refractivity contribution in [1.29, 1.82) is 0 Å². The fourth-order valence-corrected chi connectivity index (χ4v) is 3.35. The van der Waals surface area contributed by atoms with E-state index < -0.39 is 7.82 Å². The van der Waals surface area contributed by atoms with Crippen LogP contribution in [0, 0.1) is 5.92 Å². The van der Waals surface area contributed by atoms with Crippen molar-refractivity contribution in [2.24, 2.45) is 5.92 Å². The zero-order valence-corrected chi connectivity index (χ0v) is 20.2. The van der Waals surface area contributed by atoms with Crippen LogP contribution in [0.2, 0.25) is 0 Å². The lowest BCUT2D eigenvalue weighted by Crippen LogP contribution is -2.15. The number of phosphoric acid groups is 1. The minimum atomic E-state index is -4.31. The molecule has 3 N–H and O–H groups in total. The van der Waals surface area contributed by atoms with Gasteiger partial charge in [-0.15, -0.1) is 0 Å². The Labute approximate surface area is 175 Å². The Balaban J connectivity index is 0. The van der Waals surface area contributed by atoms with Crippen molar-refractivity contribution in [2.45, 2.75) is 118 Å². The molecule has 0 spiro atoms. The molecule has 0 amide bonds. The van der Waals surface area contributed by atoms with Crippen LogP contribution in [0.3, 0.4) is 0 Å². The van der Waals surface area contributed by atoms with Gasteiger partial charge in [-0.3, -0.25) is 4.52 Å². The van der Waals surface area contributed by atoms with E-state index in [0.29, 0.717) is 5.92 Å². The summed E-state index contributed by atoms with van der Waals surface area (Å²) in [6.45, 7) is 11.4. The number of nitrogens with one attached hydrogen (secondary N) is 1. The second kappa shape index (κ2) is 23.3. The number of hydrogen-bond acceptors (Lipinski definition) is 3. The summed E-state index contributed by atoms with van der Waals surface area (Å²) < 4.78 is 15.4. The summed E-state index contributed by atoms with van der Waals surface area (Å²) in [5.74, 6) is 0.291. The Bertz CT molecular complexity index is 330. The van der Waals surface area contributed by atoms with E-state index in [0.717, 1.165) is 32.1 Å². The molecule has 6 heteroatoms. The van der Waals surface area contributed by atoms with Crippen molar-refractivity contribution in [3.05, 3.63) is 0 Å². The van der Waals surface area contributed by atoms with Crippen LogP contribution in [0.5, 0.6) is 0 Å². The van der Waals surface area contributed by atoms with Gasteiger partial charge in [0, 0.05) is 0 Å². The predicted molar refractivity (Wildman–Crippen MR) is 122 cm³/mol. The third kappa shape index (κ3) is 28.3. The first-order valence-corrected chi connectivity index (χ1v) is 13.3. The van der Waals surface area contributed by atoms with E-state index in [1.54, 1.807) is 0 Å². The highest BCUT2D eigenvalue weighted by Gasteiger charge is 2.17. The standard InChI is InChI=1S/C14H31O4P.C8H19N/c1-3-5-7-8-9-10-12-14(11-6-4-2)13-18-19(15,16)17;1-3-5-7-9-8-6-4-2/h14H,3-13H2,1-2H3,(H2,15,16,17);9H,3-8H2,1-2H3. The Hall–Kier alpha value is 0.0700. The molecule has 0 bridgehead atoms. The van der Waals surface area contributed by atoms with Gasteiger partial charge in [0.25, 0.3) is 0 Å². The summed E-state index contributed by atoms with van der Waals surface area (Å²) in [5, 5.41) is 3.39. The van der Waals surface area contributed by atoms with Crippen LogP contribution in [-0.4, -0.2) is 29.5 Å². The van der Waals surface area contributed by atoms with E-state index in [1.807, 2.05) is 0 Å². The highest BCUT2D eigenvalue weighted by molar-refractivity contribution is 7.46. The predicted octanol–water partition coefficient (Wildman–Crippen LogP) is 6.83. The second-order valence-electron chi connectivity index (χ2n) is 7.81. The molecular formula is C22H50NO4P. The van der Waals surface area contributed by atoms with Crippen molar-refractivity contribution >= 4 is 7.82 Å². The molecule has 172 valence electrons. The Kier molecular flexibility index (Phi) is 25.2.